The summed E-state index contributed by atoms with van der Waals surface area (Å²) >= 11 is 3.36. The van der Waals surface area contributed by atoms with Gasteiger partial charge in [-0.3, -0.25) is 0 Å². The average molecular weight is 266 g/mol. The van der Waals surface area contributed by atoms with Crippen molar-refractivity contribution in [1.82, 2.24) is 5.32 Å². The van der Waals surface area contributed by atoms with Gasteiger partial charge in [-0.15, -0.1) is 0 Å². The molecule has 1 fully saturated rings. The Balaban J connectivity index is 2.25. The zero-order chi connectivity index (χ0) is 10.7. The Bertz CT molecular complexity index is 391. The molecule has 1 aromatic carbocycles. The zero-order valence-corrected chi connectivity index (χ0v) is 9.92. The van der Waals surface area contributed by atoms with Crippen LogP contribution in [0.1, 0.15) is 5.56 Å². The van der Waals surface area contributed by atoms with Gasteiger partial charge in [0.15, 0.2) is 0 Å². The molecule has 2 rings (SSSR count). The van der Waals surface area contributed by atoms with E-state index in [-0.39, 0.29) is 0 Å². The summed E-state index contributed by atoms with van der Waals surface area (Å²) in [5.41, 5.74) is 1.84. The number of piperazine rings is 1. The highest BCUT2D eigenvalue weighted by Gasteiger charge is 2.11. The summed E-state index contributed by atoms with van der Waals surface area (Å²) in [5.74, 6) is 0. The molecule has 0 aliphatic carbocycles. The number of halogens is 1. The molecular formula is C11H12BrN3. The summed E-state index contributed by atoms with van der Waals surface area (Å²) in [5, 5.41) is 12.2. The minimum Gasteiger partial charge on any atom is -0.369 e. The van der Waals surface area contributed by atoms with E-state index in [0.29, 0.717) is 5.56 Å². The molecule has 0 atom stereocenters. The highest BCUT2D eigenvalue weighted by atomic mass is 79.9. The summed E-state index contributed by atoms with van der Waals surface area (Å²) in [7, 11) is 0. The van der Waals surface area contributed by atoms with E-state index in [1.54, 1.807) is 0 Å². The van der Waals surface area contributed by atoms with Crippen LogP contribution in [0.4, 0.5) is 5.69 Å². The van der Waals surface area contributed by atoms with Gasteiger partial charge in [0.2, 0.25) is 0 Å². The first-order valence-corrected chi connectivity index (χ1v) is 5.76. The average Bonchev–Trinajstić information content (AvgIpc) is 2.31. The first-order valence-electron chi connectivity index (χ1n) is 4.96. The minimum absolute atomic E-state index is 0.700. The molecule has 15 heavy (non-hydrogen) atoms. The van der Waals surface area contributed by atoms with Gasteiger partial charge in [0, 0.05) is 36.3 Å². The second-order valence-electron chi connectivity index (χ2n) is 3.51. The lowest BCUT2D eigenvalue weighted by atomic mass is 10.2. The third kappa shape index (κ3) is 2.31. The van der Waals surface area contributed by atoms with Crippen LogP contribution in [0.2, 0.25) is 0 Å². The highest BCUT2D eigenvalue weighted by Crippen LogP contribution is 2.23. The first kappa shape index (κ1) is 10.5. The Labute approximate surface area is 97.8 Å². The van der Waals surface area contributed by atoms with Gasteiger partial charge < -0.3 is 10.2 Å². The Morgan fingerprint density at radius 2 is 2.07 bits per heavy atom. The fraction of sp³-hybridized carbons (Fsp3) is 0.364. The third-order valence-electron chi connectivity index (χ3n) is 2.55. The fourth-order valence-electron chi connectivity index (χ4n) is 1.72. The lowest BCUT2D eigenvalue weighted by molar-refractivity contribution is 0.589. The zero-order valence-electron chi connectivity index (χ0n) is 8.33. The molecule has 0 amide bonds. The van der Waals surface area contributed by atoms with Crippen molar-refractivity contribution in [2.75, 3.05) is 31.1 Å². The van der Waals surface area contributed by atoms with Crippen molar-refractivity contribution in [2.24, 2.45) is 0 Å². The van der Waals surface area contributed by atoms with Crippen LogP contribution in [-0.2, 0) is 0 Å². The third-order valence-corrected chi connectivity index (χ3v) is 3.24. The molecular weight excluding hydrogens is 254 g/mol. The maximum atomic E-state index is 8.93. The van der Waals surface area contributed by atoms with Gasteiger partial charge in [-0.05, 0) is 34.1 Å². The normalized spacial score (nSPS) is 16.1. The SMILES string of the molecule is N#Cc1cc(N2CCNCC2)ccc1Br. The number of hydrogen-bond donors (Lipinski definition) is 1. The summed E-state index contributed by atoms with van der Waals surface area (Å²) in [6.07, 6.45) is 0. The number of hydrogen-bond acceptors (Lipinski definition) is 3. The summed E-state index contributed by atoms with van der Waals surface area (Å²) < 4.78 is 0.865. The Morgan fingerprint density at radius 3 is 2.73 bits per heavy atom. The number of benzene rings is 1. The van der Waals surface area contributed by atoms with Crippen LogP contribution in [0.15, 0.2) is 22.7 Å². The maximum absolute atomic E-state index is 8.93. The van der Waals surface area contributed by atoms with E-state index in [0.717, 1.165) is 36.3 Å². The van der Waals surface area contributed by atoms with Crippen molar-refractivity contribution < 1.29 is 0 Å². The predicted octanol–water partition coefficient (Wildman–Crippen LogP) is 1.73. The monoisotopic (exact) mass is 265 g/mol. The Hall–Kier alpha value is -1.05. The summed E-state index contributed by atoms with van der Waals surface area (Å²) in [6, 6.07) is 8.12. The van der Waals surface area contributed by atoms with Crippen molar-refractivity contribution >= 4 is 21.6 Å². The van der Waals surface area contributed by atoms with Crippen molar-refractivity contribution in [3.63, 3.8) is 0 Å². The molecule has 0 saturated carbocycles. The molecule has 1 aliphatic rings. The second kappa shape index (κ2) is 4.65. The van der Waals surface area contributed by atoms with Gasteiger partial charge in [0.25, 0.3) is 0 Å². The topological polar surface area (TPSA) is 39.1 Å². The number of nitrogens with one attached hydrogen (secondary N) is 1. The molecule has 1 saturated heterocycles. The number of nitriles is 1. The Kier molecular flexibility index (Phi) is 3.24. The smallest absolute Gasteiger partial charge is 0.100 e. The van der Waals surface area contributed by atoms with E-state index in [1.807, 2.05) is 12.1 Å². The molecule has 3 nitrogen and oxygen atoms in total. The summed E-state index contributed by atoms with van der Waals surface area (Å²) in [6.45, 7) is 4.04. The van der Waals surface area contributed by atoms with E-state index in [9.17, 15) is 0 Å². The van der Waals surface area contributed by atoms with E-state index in [2.05, 4.69) is 38.3 Å². The molecule has 78 valence electrons. The predicted molar refractivity (Wildman–Crippen MR) is 63.9 cm³/mol. The molecule has 1 aliphatic heterocycles. The molecule has 4 heteroatoms. The van der Waals surface area contributed by atoms with Gasteiger partial charge >= 0.3 is 0 Å². The lowest BCUT2D eigenvalue weighted by Gasteiger charge is -2.29. The van der Waals surface area contributed by atoms with Gasteiger partial charge in [0.1, 0.15) is 6.07 Å². The minimum atomic E-state index is 0.700. The molecule has 0 radical (unpaired) electrons. The highest BCUT2D eigenvalue weighted by molar-refractivity contribution is 9.10. The summed E-state index contributed by atoms with van der Waals surface area (Å²) in [4.78, 5) is 2.30. The molecule has 0 aromatic heterocycles. The van der Waals surface area contributed by atoms with Crippen LogP contribution in [0.25, 0.3) is 0 Å². The van der Waals surface area contributed by atoms with Crippen molar-refractivity contribution in [3.8, 4) is 6.07 Å². The van der Waals surface area contributed by atoms with E-state index in [1.165, 1.54) is 0 Å². The van der Waals surface area contributed by atoms with Gasteiger partial charge in [-0.25, -0.2) is 0 Å². The van der Waals surface area contributed by atoms with Crippen LogP contribution in [-0.4, -0.2) is 26.2 Å². The molecule has 1 aromatic rings. The molecule has 1 N–H and O–H groups in total. The van der Waals surface area contributed by atoms with E-state index >= 15 is 0 Å². The first-order chi connectivity index (χ1) is 7.31. The molecule has 0 spiro atoms. The molecule has 1 heterocycles. The van der Waals surface area contributed by atoms with Gasteiger partial charge in [0.05, 0.1) is 5.56 Å². The fourth-order valence-corrected chi connectivity index (χ4v) is 2.05. The largest absolute Gasteiger partial charge is 0.369 e. The van der Waals surface area contributed by atoms with Crippen LogP contribution in [0.5, 0.6) is 0 Å². The Morgan fingerprint density at radius 1 is 1.33 bits per heavy atom. The molecule has 0 bridgehead atoms. The quantitative estimate of drug-likeness (QED) is 0.841. The number of rotatable bonds is 1. The van der Waals surface area contributed by atoms with Crippen molar-refractivity contribution in [1.29, 1.82) is 5.26 Å². The maximum Gasteiger partial charge on any atom is 0.100 e. The number of nitrogens with zero attached hydrogens (tertiary/aromatic N) is 2. The van der Waals surface area contributed by atoms with Crippen LogP contribution >= 0.6 is 15.9 Å². The van der Waals surface area contributed by atoms with Crippen LogP contribution in [0.3, 0.4) is 0 Å². The second-order valence-corrected chi connectivity index (χ2v) is 4.37. The lowest BCUT2D eigenvalue weighted by Crippen LogP contribution is -2.43. The van der Waals surface area contributed by atoms with Crippen LogP contribution < -0.4 is 10.2 Å². The van der Waals surface area contributed by atoms with E-state index < -0.39 is 0 Å². The van der Waals surface area contributed by atoms with Gasteiger partial charge in [-0.2, -0.15) is 5.26 Å². The van der Waals surface area contributed by atoms with Crippen molar-refractivity contribution in [3.05, 3.63) is 28.2 Å². The van der Waals surface area contributed by atoms with Crippen molar-refractivity contribution in [2.45, 2.75) is 0 Å². The standard InChI is InChI=1S/C11H12BrN3/c12-11-2-1-10(7-9(11)8-13)15-5-3-14-4-6-15/h1-2,7,14H,3-6H2. The van der Waals surface area contributed by atoms with Gasteiger partial charge in [-0.1, -0.05) is 0 Å². The van der Waals surface area contributed by atoms with Crippen LogP contribution in [0, 0.1) is 11.3 Å². The number of anilines is 1. The molecule has 0 unspecified atom stereocenters. The van der Waals surface area contributed by atoms with E-state index in [4.69, 9.17) is 5.26 Å².